The Kier molecular flexibility index (Phi) is 5.43. The van der Waals surface area contributed by atoms with Gasteiger partial charge in [0.05, 0.1) is 16.3 Å². The number of aliphatic hydroxyl groups is 2. The van der Waals surface area contributed by atoms with Crippen molar-refractivity contribution in [3.8, 4) is 0 Å². The minimum atomic E-state index is -4.72. The van der Waals surface area contributed by atoms with Crippen molar-refractivity contribution in [2.24, 2.45) is 0 Å². The Bertz CT molecular complexity index is 1120. The van der Waals surface area contributed by atoms with E-state index in [0.29, 0.717) is 16.7 Å². The molecule has 0 saturated carbocycles. The first-order valence-electron chi connectivity index (χ1n) is 9.74. The summed E-state index contributed by atoms with van der Waals surface area (Å²) >= 11 is 6.30. The summed E-state index contributed by atoms with van der Waals surface area (Å²) in [5.74, 6) is -2.45. The number of halogens is 4. The molecule has 4 rings (SSSR count). The van der Waals surface area contributed by atoms with Crippen LogP contribution in [-0.4, -0.2) is 52.3 Å². The molecule has 3 unspecified atom stereocenters. The number of aryl methyl sites for hydroxylation is 3. The third kappa shape index (κ3) is 3.62. The molecule has 3 atom stereocenters. The lowest BCUT2D eigenvalue weighted by atomic mass is 9.88. The van der Waals surface area contributed by atoms with E-state index in [0.717, 1.165) is 34.9 Å². The van der Waals surface area contributed by atoms with Gasteiger partial charge in [-0.1, -0.05) is 11.6 Å². The van der Waals surface area contributed by atoms with Crippen LogP contribution in [0.25, 0.3) is 0 Å². The van der Waals surface area contributed by atoms with E-state index in [4.69, 9.17) is 11.6 Å². The summed E-state index contributed by atoms with van der Waals surface area (Å²) in [4.78, 5) is 31.6. The Labute approximate surface area is 186 Å². The number of rotatable bonds is 3. The van der Waals surface area contributed by atoms with Crippen LogP contribution in [0.4, 0.5) is 24.7 Å². The molecule has 2 heterocycles. The maximum absolute atomic E-state index is 13.3. The highest BCUT2D eigenvalue weighted by atomic mass is 35.5. The average Bonchev–Trinajstić information content (AvgIpc) is 2.92. The van der Waals surface area contributed by atoms with Crippen molar-refractivity contribution in [2.45, 2.75) is 44.2 Å². The minimum Gasteiger partial charge on any atom is -0.387 e. The molecule has 0 spiro atoms. The molecule has 2 aromatic rings. The zero-order valence-corrected chi connectivity index (χ0v) is 17.8. The van der Waals surface area contributed by atoms with Gasteiger partial charge in [-0.05, 0) is 55.2 Å². The second-order valence-corrected chi connectivity index (χ2v) is 8.32. The van der Waals surface area contributed by atoms with Crippen LogP contribution in [0.15, 0.2) is 24.3 Å². The SMILES string of the molecule is Cc1cc(C(F)(F)F)cc(N2C(=O)C(O)C(O)C2C(=O)N(C)c2cc3c(cc2Cl)CC3)n1. The summed E-state index contributed by atoms with van der Waals surface area (Å²) in [6.45, 7) is 1.30. The average molecular weight is 470 g/mol. The van der Waals surface area contributed by atoms with Gasteiger partial charge in [-0.15, -0.1) is 0 Å². The van der Waals surface area contributed by atoms with E-state index in [2.05, 4.69) is 4.98 Å². The number of hydrogen-bond donors (Lipinski definition) is 2. The number of fused-ring (bicyclic) bond motifs is 1. The minimum absolute atomic E-state index is 0.0523. The largest absolute Gasteiger partial charge is 0.416 e. The number of anilines is 2. The van der Waals surface area contributed by atoms with Crippen LogP contribution in [0.3, 0.4) is 0 Å². The van der Waals surface area contributed by atoms with Crippen molar-refractivity contribution in [2.75, 3.05) is 16.8 Å². The highest BCUT2D eigenvalue weighted by molar-refractivity contribution is 6.34. The second-order valence-electron chi connectivity index (χ2n) is 7.91. The summed E-state index contributed by atoms with van der Waals surface area (Å²) in [7, 11) is 1.37. The summed E-state index contributed by atoms with van der Waals surface area (Å²) in [6, 6.07) is 3.14. The summed E-state index contributed by atoms with van der Waals surface area (Å²) in [5, 5.41) is 20.9. The lowest BCUT2D eigenvalue weighted by Gasteiger charge is -2.30. The third-order valence-electron chi connectivity index (χ3n) is 5.81. The number of hydrogen-bond acceptors (Lipinski definition) is 5. The first kappa shape index (κ1) is 22.5. The van der Waals surface area contributed by atoms with Crippen molar-refractivity contribution < 1.29 is 33.0 Å². The van der Waals surface area contributed by atoms with Crippen molar-refractivity contribution >= 4 is 34.9 Å². The third-order valence-corrected chi connectivity index (χ3v) is 6.11. The smallest absolute Gasteiger partial charge is 0.387 e. The summed E-state index contributed by atoms with van der Waals surface area (Å²) in [5.41, 5.74) is 1.25. The predicted octanol–water partition coefficient (Wildman–Crippen LogP) is 2.26. The van der Waals surface area contributed by atoms with Crippen molar-refractivity contribution in [1.82, 2.24) is 4.98 Å². The Morgan fingerprint density at radius 2 is 1.81 bits per heavy atom. The molecule has 1 aliphatic heterocycles. The van der Waals surface area contributed by atoms with Gasteiger partial charge >= 0.3 is 6.18 Å². The summed E-state index contributed by atoms with van der Waals surface area (Å²) < 4.78 is 39.9. The van der Waals surface area contributed by atoms with E-state index in [-0.39, 0.29) is 10.7 Å². The molecule has 1 aliphatic carbocycles. The Morgan fingerprint density at radius 1 is 1.19 bits per heavy atom. The number of carbonyl (C=O) groups is 2. The number of likely N-dealkylation sites (N-methyl/N-ethyl adjacent to an activating group) is 1. The Morgan fingerprint density at radius 3 is 2.41 bits per heavy atom. The number of carbonyl (C=O) groups excluding carboxylic acids is 2. The van der Waals surface area contributed by atoms with E-state index in [9.17, 15) is 33.0 Å². The fourth-order valence-corrected chi connectivity index (χ4v) is 4.29. The van der Waals surface area contributed by atoms with Crippen molar-refractivity contribution in [1.29, 1.82) is 0 Å². The predicted molar refractivity (Wildman–Crippen MR) is 110 cm³/mol. The van der Waals surface area contributed by atoms with Crippen molar-refractivity contribution in [3.05, 3.63) is 51.7 Å². The standard InChI is InChI=1S/C21H19ClF3N3O4/c1-9-5-12(21(23,24)25)8-15(26-9)28-16(17(29)18(30)20(28)32)19(31)27(2)14-7-11-4-3-10(11)6-13(14)22/h5-8,16-18,29-30H,3-4H2,1-2H3. The molecule has 32 heavy (non-hydrogen) atoms. The number of amides is 2. The molecule has 2 aliphatic rings. The number of aromatic nitrogens is 1. The molecule has 1 saturated heterocycles. The molecule has 0 radical (unpaired) electrons. The number of alkyl halides is 3. The van der Waals surface area contributed by atoms with Gasteiger partial charge in [0.1, 0.15) is 18.0 Å². The maximum Gasteiger partial charge on any atom is 0.416 e. The number of aliphatic hydroxyl groups excluding tert-OH is 2. The molecule has 2 amide bonds. The molecule has 1 aromatic heterocycles. The molecule has 1 fully saturated rings. The Hall–Kier alpha value is -2.69. The highest BCUT2D eigenvalue weighted by Gasteiger charge is 2.53. The molecule has 2 N–H and O–H groups in total. The first-order chi connectivity index (χ1) is 14.9. The summed E-state index contributed by atoms with van der Waals surface area (Å²) in [6.07, 6.45) is -6.92. The van der Waals surface area contributed by atoms with Crippen LogP contribution < -0.4 is 9.80 Å². The van der Waals surface area contributed by atoms with Gasteiger partial charge in [0.2, 0.25) is 0 Å². The van der Waals surface area contributed by atoms with Crippen LogP contribution in [0, 0.1) is 6.92 Å². The van der Waals surface area contributed by atoms with Gasteiger partial charge in [0.25, 0.3) is 11.8 Å². The molecular formula is C21H19ClF3N3O4. The van der Waals surface area contributed by atoms with Crippen molar-refractivity contribution in [3.63, 3.8) is 0 Å². The zero-order valence-electron chi connectivity index (χ0n) is 17.0. The van der Waals surface area contributed by atoms with Crippen LogP contribution in [-0.2, 0) is 28.6 Å². The zero-order chi connectivity index (χ0) is 23.5. The van der Waals surface area contributed by atoms with Gasteiger partial charge in [0, 0.05) is 12.7 Å². The van der Waals surface area contributed by atoms with E-state index in [1.165, 1.54) is 14.0 Å². The molecule has 1 aromatic carbocycles. The second kappa shape index (κ2) is 7.72. The molecular weight excluding hydrogens is 451 g/mol. The van der Waals surface area contributed by atoms with Gasteiger partial charge < -0.3 is 15.1 Å². The monoisotopic (exact) mass is 469 g/mol. The molecule has 170 valence electrons. The normalized spacial score (nSPS) is 22.6. The number of benzene rings is 1. The van der Waals surface area contributed by atoms with Crippen LogP contribution in [0.2, 0.25) is 5.02 Å². The van der Waals surface area contributed by atoms with Crippen LogP contribution in [0.1, 0.15) is 22.4 Å². The lowest BCUT2D eigenvalue weighted by Crippen LogP contribution is -2.50. The topological polar surface area (TPSA) is 94.0 Å². The van der Waals surface area contributed by atoms with Crippen LogP contribution >= 0.6 is 11.6 Å². The fourth-order valence-electron chi connectivity index (χ4n) is 3.98. The molecule has 11 heteroatoms. The highest BCUT2D eigenvalue weighted by Crippen LogP contribution is 2.37. The first-order valence-corrected chi connectivity index (χ1v) is 10.1. The quantitative estimate of drug-likeness (QED) is 0.719. The van der Waals surface area contributed by atoms with E-state index in [1.807, 2.05) is 0 Å². The molecule has 7 nitrogen and oxygen atoms in total. The van der Waals surface area contributed by atoms with E-state index in [1.54, 1.807) is 12.1 Å². The van der Waals surface area contributed by atoms with Gasteiger partial charge in [-0.25, -0.2) is 4.98 Å². The van der Waals surface area contributed by atoms with Gasteiger partial charge in [-0.2, -0.15) is 13.2 Å². The number of nitrogens with zero attached hydrogens (tertiary/aromatic N) is 3. The van der Waals surface area contributed by atoms with Crippen LogP contribution in [0.5, 0.6) is 0 Å². The fraction of sp³-hybridized carbons (Fsp3) is 0.381. The van der Waals surface area contributed by atoms with Gasteiger partial charge in [0.15, 0.2) is 6.10 Å². The number of pyridine rings is 1. The lowest BCUT2D eigenvalue weighted by molar-refractivity contribution is -0.137. The Balaban J connectivity index is 1.75. The van der Waals surface area contributed by atoms with E-state index >= 15 is 0 Å². The maximum atomic E-state index is 13.3. The molecule has 0 bridgehead atoms. The van der Waals surface area contributed by atoms with Gasteiger partial charge in [-0.3, -0.25) is 14.5 Å². The van der Waals surface area contributed by atoms with E-state index < -0.39 is 47.6 Å².